The zero-order valence-corrected chi connectivity index (χ0v) is 76.2. The summed E-state index contributed by atoms with van der Waals surface area (Å²) in [7, 11) is 1.49. The summed E-state index contributed by atoms with van der Waals surface area (Å²) in [6, 6.07) is 46.1. The molecule has 9 heterocycles. The Kier molecular flexibility index (Phi) is 27.7. The van der Waals surface area contributed by atoms with Crippen LogP contribution >= 0.6 is 86.3 Å². The number of hydrogen-bond donors (Lipinski definition) is 2. The normalized spacial score (nSPS) is 12.0. The number of aryl methyl sites for hydroxylation is 1. The Morgan fingerprint density at radius 3 is 1.39 bits per heavy atom. The van der Waals surface area contributed by atoms with Crippen LogP contribution in [0.15, 0.2) is 256 Å². The number of rotatable bonds is 15. The quantitative estimate of drug-likeness (QED) is 0.0547. The first kappa shape index (κ1) is 90.7. The standard InChI is InChI=1S/C25H20BrF2N5O3.C22H15FIN5O2.C17H11BrF2O2.C17H12BrFO3.C12H10BrFO2/c1-11(2)35-16-8-7-13(9-15(16)28)21-19-24(29)30-10-31-25(19)33(32-21)12(3)23-20(26)22(34)18-14(27)5-4-6-17(18)36-23;1-11(29-22-17(20(24)28-29)21(25)26-10-27-22)19-15(12-6-3-2-4-7-12)18(30)16-13(23)8-5-9-14(16)31-19;1-9(18)17-14(10-4-2-5-11(19)8-10)16(21)15-12(20)6-3-7-13(15)22-17;1-21-12-6-3-7-13-16(12)17(20)15(14(9-18)22-13)10-4-2-5-11(19)8-10;1-2-4-9-11(13)12(15)10-7(14)5-3-6-8(10)16-9/h4-12H,1-3H3,(H2,29,30,31);2-11H,1H3,(H2,25,26,27);2-9H,1H3;2-8H,9H2,1H3;3,5-6H,2,4H2,1H3. The minimum Gasteiger partial charge on any atom is -0.496 e. The van der Waals surface area contributed by atoms with Gasteiger partial charge in [-0.25, -0.2) is 60.0 Å². The van der Waals surface area contributed by atoms with Crippen molar-refractivity contribution in [2.24, 2.45) is 0 Å². The highest BCUT2D eigenvalue weighted by Gasteiger charge is 2.31. The molecule has 9 aromatic carbocycles. The van der Waals surface area contributed by atoms with Crippen molar-refractivity contribution >= 4 is 175 Å². The second-order valence-corrected chi connectivity index (χ2v) is 33.2. The number of benzene rings is 9. The van der Waals surface area contributed by atoms with Crippen molar-refractivity contribution < 1.29 is 62.3 Å². The number of nitrogens with two attached hydrogens (primary N) is 2. The van der Waals surface area contributed by atoms with E-state index in [1.807, 2.05) is 32.0 Å². The molecule has 18 rings (SSSR count). The number of halogens is 12. The molecule has 0 amide bonds. The molecule has 0 spiro atoms. The molecule has 34 heteroatoms. The number of anilines is 2. The van der Waals surface area contributed by atoms with Gasteiger partial charge in [-0.3, -0.25) is 24.0 Å². The fraction of sp³-hybridized carbons (Fsp3) is 0.151. The predicted octanol–water partition coefficient (Wildman–Crippen LogP) is 23.5. The van der Waals surface area contributed by atoms with E-state index in [1.165, 1.54) is 128 Å². The highest BCUT2D eigenvalue weighted by Crippen LogP contribution is 2.41. The van der Waals surface area contributed by atoms with Gasteiger partial charge < -0.3 is 43.0 Å². The molecule has 3 atom stereocenters. The number of aromatic nitrogens is 8. The average molecular weight is 2100 g/mol. The molecule has 0 radical (unpaired) electrons. The van der Waals surface area contributed by atoms with E-state index in [1.54, 1.807) is 99.1 Å². The molecule has 0 saturated heterocycles. The van der Waals surface area contributed by atoms with Gasteiger partial charge in [0.15, 0.2) is 22.9 Å². The molecule has 127 heavy (non-hydrogen) atoms. The topological polar surface area (TPSA) is 309 Å². The van der Waals surface area contributed by atoms with Gasteiger partial charge >= 0.3 is 0 Å². The minimum atomic E-state index is -0.682. The molecule has 0 fully saturated rings. The highest BCUT2D eigenvalue weighted by molar-refractivity contribution is 14.1. The van der Waals surface area contributed by atoms with E-state index < -0.39 is 69.1 Å². The first-order chi connectivity index (χ1) is 60.9. The van der Waals surface area contributed by atoms with Crippen molar-refractivity contribution in [2.75, 3.05) is 18.6 Å². The predicted molar refractivity (Wildman–Crippen MR) is 495 cm³/mol. The molecule has 4 N–H and O–H groups in total. The Balaban J connectivity index is 0.000000132. The average Bonchev–Trinajstić information content (AvgIpc) is 1.67. The maximum Gasteiger partial charge on any atom is 0.210 e. The maximum atomic E-state index is 14.8. The van der Waals surface area contributed by atoms with Crippen molar-refractivity contribution in [3.8, 4) is 56.1 Å². The van der Waals surface area contributed by atoms with E-state index in [0.29, 0.717) is 127 Å². The fourth-order valence-electron chi connectivity index (χ4n) is 14.2. The Morgan fingerprint density at radius 2 is 0.874 bits per heavy atom. The minimum absolute atomic E-state index is 0.00854. The number of nitrogen functional groups attached to an aromatic ring is 2. The number of ether oxygens (including phenoxy) is 2. The second kappa shape index (κ2) is 38.8. The van der Waals surface area contributed by atoms with Gasteiger partial charge in [-0.1, -0.05) is 124 Å². The SMILES string of the molecule is CC(Br)c1oc2cccc(F)c2c(=O)c1-c1cccc(F)c1.CC(C)Oc1ccc(-c2nn(C(C)c3oc4cccc(F)c4c(=O)c3Br)c3ncnc(N)c23)cc1F.CC(c1oc2cccc(F)c2c(=O)c1-c1ccccc1)n1nc(I)c2c(N)ncnc21.CCCc1oc2cccc(F)c2c(=O)c1Br.COc1cccc2oc(CBr)c(-c3cccc(F)c3)c(=O)c12. The van der Waals surface area contributed by atoms with E-state index in [4.69, 9.17) is 43.0 Å². The van der Waals surface area contributed by atoms with Crippen LogP contribution in [0, 0.1) is 44.4 Å². The first-order valence-electron chi connectivity index (χ1n) is 38.7. The third-order valence-electron chi connectivity index (χ3n) is 20.0. The summed E-state index contributed by atoms with van der Waals surface area (Å²) in [5.74, 6) is -0.991. The van der Waals surface area contributed by atoms with E-state index in [0.717, 1.165) is 6.42 Å². The van der Waals surface area contributed by atoms with Gasteiger partial charge in [-0.15, -0.1) is 0 Å². The van der Waals surface area contributed by atoms with E-state index >= 15 is 0 Å². The number of fused-ring (bicyclic) bond motifs is 7. The Bertz CT molecular complexity index is 7650. The van der Waals surface area contributed by atoms with Crippen LogP contribution in [0.1, 0.15) is 93.7 Å². The molecular weight excluding hydrogens is 2030 g/mol. The van der Waals surface area contributed by atoms with Crippen molar-refractivity contribution in [2.45, 2.75) is 82.7 Å². The summed E-state index contributed by atoms with van der Waals surface area (Å²) in [6.45, 7) is 11.0. The third kappa shape index (κ3) is 18.3. The molecule has 9 aromatic heterocycles. The lowest BCUT2D eigenvalue weighted by Crippen LogP contribution is -2.17. The fourth-order valence-corrected chi connectivity index (χ4v) is 16.8. The van der Waals surface area contributed by atoms with Crippen LogP contribution < -0.4 is 48.1 Å². The smallest absolute Gasteiger partial charge is 0.210 e. The lowest BCUT2D eigenvalue weighted by Gasteiger charge is -2.17. The number of nitrogens with zero attached hydrogens (tertiary/aromatic N) is 8. The summed E-state index contributed by atoms with van der Waals surface area (Å²) >= 11 is 15.2. The number of alkyl halides is 2. The van der Waals surface area contributed by atoms with Crippen molar-refractivity contribution in [1.29, 1.82) is 0 Å². The lowest BCUT2D eigenvalue weighted by molar-refractivity contribution is 0.231. The Morgan fingerprint density at radius 1 is 0.433 bits per heavy atom. The lowest BCUT2D eigenvalue weighted by atomic mass is 9.99. The molecule has 0 bridgehead atoms. The van der Waals surface area contributed by atoms with Gasteiger partial charge in [-0.05, 0) is 215 Å². The monoisotopic (exact) mass is 2090 g/mol. The van der Waals surface area contributed by atoms with E-state index in [2.05, 4.69) is 116 Å². The molecule has 0 saturated carbocycles. The first-order valence-corrected chi connectivity index (χ1v) is 43.4. The molecule has 646 valence electrons. The third-order valence-corrected chi connectivity index (χ3v) is 23.2. The van der Waals surface area contributed by atoms with Crippen LogP contribution in [0.3, 0.4) is 0 Å². The maximum absolute atomic E-state index is 14.8. The van der Waals surface area contributed by atoms with Gasteiger partial charge in [0.25, 0.3) is 0 Å². The van der Waals surface area contributed by atoms with Gasteiger partial charge in [0, 0.05) is 12.0 Å². The van der Waals surface area contributed by atoms with Crippen molar-refractivity contribution in [3.05, 3.63) is 334 Å². The second-order valence-electron chi connectivity index (χ2n) is 28.6. The van der Waals surface area contributed by atoms with Crippen molar-refractivity contribution in [3.63, 3.8) is 0 Å². The molecular formula is C93H68Br4F7IN10O12. The van der Waals surface area contributed by atoms with Crippen molar-refractivity contribution in [1.82, 2.24) is 39.5 Å². The molecule has 3 unspecified atom stereocenters. The highest BCUT2D eigenvalue weighted by atomic mass is 127. The number of methoxy groups -OCH3 is 1. The van der Waals surface area contributed by atoms with E-state index in [9.17, 15) is 54.7 Å². The summed E-state index contributed by atoms with van der Waals surface area (Å²) in [5, 5.41) is 10.6. The zero-order valence-electron chi connectivity index (χ0n) is 67.7. The van der Waals surface area contributed by atoms with Gasteiger partial charge in [0.05, 0.1) is 50.8 Å². The summed E-state index contributed by atoms with van der Waals surface area (Å²) in [6.07, 6.45) is 3.97. The number of hydrogen-bond acceptors (Lipinski definition) is 20. The van der Waals surface area contributed by atoms with Crippen LogP contribution in [0.2, 0.25) is 0 Å². The molecule has 0 aliphatic heterocycles. The zero-order chi connectivity index (χ0) is 90.7. The van der Waals surface area contributed by atoms with E-state index in [-0.39, 0.29) is 93.0 Å². The van der Waals surface area contributed by atoms with Crippen LogP contribution in [0.5, 0.6) is 11.5 Å². The summed E-state index contributed by atoms with van der Waals surface area (Å²) in [4.78, 5) is 80.4. The van der Waals surface area contributed by atoms with Crippen LogP contribution in [0.25, 0.3) is 122 Å². The van der Waals surface area contributed by atoms with Crippen LogP contribution in [0.4, 0.5) is 42.4 Å². The Hall–Kier alpha value is -12.5. The van der Waals surface area contributed by atoms with Crippen LogP contribution in [-0.2, 0) is 11.8 Å². The van der Waals surface area contributed by atoms with Gasteiger partial charge in [0.2, 0.25) is 27.1 Å². The van der Waals surface area contributed by atoms with Crippen LogP contribution in [-0.4, -0.2) is 52.7 Å². The summed E-state index contributed by atoms with van der Waals surface area (Å²) < 4.78 is 142. The largest absolute Gasteiger partial charge is 0.496 e. The molecule has 0 aliphatic carbocycles. The Labute approximate surface area is 762 Å². The molecule has 0 aliphatic rings. The van der Waals surface area contributed by atoms with Gasteiger partial charge in [-0.2, -0.15) is 10.2 Å². The summed E-state index contributed by atoms with van der Waals surface area (Å²) in [5.41, 5.74) is 15.2. The molecule has 22 nitrogen and oxygen atoms in total. The molecule has 18 aromatic rings. The van der Waals surface area contributed by atoms with Gasteiger partial charge in [0.1, 0.15) is 179 Å².